The zero-order valence-electron chi connectivity index (χ0n) is 11.3. The lowest BCUT2D eigenvalue weighted by Gasteiger charge is -2.40. The first kappa shape index (κ1) is 12.9. The number of benzene rings is 1. The summed E-state index contributed by atoms with van der Waals surface area (Å²) in [7, 11) is 3.76. The molecule has 0 saturated carbocycles. The summed E-state index contributed by atoms with van der Waals surface area (Å²) in [5.41, 5.74) is 2.37. The van der Waals surface area contributed by atoms with Crippen molar-refractivity contribution < 1.29 is 4.79 Å². The van der Waals surface area contributed by atoms with Crippen LogP contribution in [0.1, 0.15) is 5.56 Å². The van der Waals surface area contributed by atoms with E-state index in [2.05, 4.69) is 41.4 Å². The highest BCUT2D eigenvalue weighted by Crippen LogP contribution is 2.21. The lowest BCUT2D eigenvalue weighted by Crippen LogP contribution is -2.59. The maximum Gasteiger partial charge on any atom is 0.246 e. The number of piperazine rings is 1. The first-order chi connectivity index (χ1) is 8.63. The molecule has 1 atom stereocenters. The summed E-state index contributed by atoms with van der Waals surface area (Å²) >= 11 is 0. The van der Waals surface area contributed by atoms with Gasteiger partial charge in [-0.1, -0.05) is 17.7 Å². The Kier molecular flexibility index (Phi) is 3.87. The van der Waals surface area contributed by atoms with Crippen LogP contribution in [0, 0.1) is 6.92 Å². The molecule has 4 heteroatoms. The van der Waals surface area contributed by atoms with E-state index in [9.17, 15) is 4.79 Å². The predicted octanol–water partition coefficient (Wildman–Crippen LogP) is 0.861. The minimum absolute atomic E-state index is 0.101. The molecule has 0 bridgehead atoms. The Labute approximate surface area is 109 Å². The van der Waals surface area contributed by atoms with Crippen molar-refractivity contribution in [3.05, 3.63) is 29.8 Å². The van der Waals surface area contributed by atoms with Crippen LogP contribution in [0.5, 0.6) is 0 Å². The third kappa shape index (κ3) is 2.48. The van der Waals surface area contributed by atoms with Crippen molar-refractivity contribution in [2.24, 2.45) is 0 Å². The maximum atomic E-state index is 12.2. The average molecular weight is 247 g/mol. The molecular weight excluding hydrogens is 226 g/mol. The fourth-order valence-electron chi connectivity index (χ4n) is 2.35. The summed E-state index contributed by atoms with van der Waals surface area (Å²) in [4.78, 5) is 16.2. The molecule has 2 rings (SSSR count). The van der Waals surface area contributed by atoms with Gasteiger partial charge in [0.2, 0.25) is 5.91 Å². The van der Waals surface area contributed by atoms with Gasteiger partial charge in [0, 0.05) is 32.4 Å². The van der Waals surface area contributed by atoms with Crippen LogP contribution in [0.4, 0.5) is 5.69 Å². The Balaban J connectivity index is 2.24. The van der Waals surface area contributed by atoms with Crippen LogP contribution >= 0.6 is 0 Å². The van der Waals surface area contributed by atoms with Gasteiger partial charge in [-0.15, -0.1) is 0 Å². The normalized spacial score (nSPS) is 20.4. The average Bonchev–Trinajstić information content (AvgIpc) is 2.37. The van der Waals surface area contributed by atoms with Gasteiger partial charge in [-0.2, -0.15) is 0 Å². The molecule has 1 fully saturated rings. The van der Waals surface area contributed by atoms with Crippen LogP contribution in [0.15, 0.2) is 24.3 Å². The van der Waals surface area contributed by atoms with Crippen molar-refractivity contribution in [3.63, 3.8) is 0 Å². The Morgan fingerprint density at radius 1 is 1.28 bits per heavy atom. The Hall–Kier alpha value is -1.55. The third-order valence-corrected chi connectivity index (χ3v) is 3.48. The molecule has 0 aliphatic carbocycles. The van der Waals surface area contributed by atoms with Crippen molar-refractivity contribution >= 4 is 11.6 Å². The van der Waals surface area contributed by atoms with Crippen LogP contribution in [-0.4, -0.2) is 50.6 Å². The van der Waals surface area contributed by atoms with E-state index in [-0.39, 0.29) is 11.9 Å². The van der Waals surface area contributed by atoms with Crippen molar-refractivity contribution in [1.82, 2.24) is 10.2 Å². The Morgan fingerprint density at radius 2 is 1.94 bits per heavy atom. The van der Waals surface area contributed by atoms with Gasteiger partial charge in [-0.05, 0) is 26.1 Å². The summed E-state index contributed by atoms with van der Waals surface area (Å²) in [6.07, 6.45) is 0. The van der Waals surface area contributed by atoms with E-state index < -0.39 is 0 Å². The van der Waals surface area contributed by atoms with Gasteiger partial charge in [-0.25, -0.2) is 0 Å². The van der Waals surface area contributed by atoms with E-state index >= 15 is 0 Å². The van der Waals surface area contributed by atoms with Gasteiger partial charge in [0.15, 0.2) is 0 Å². The van der Waals surface area contributed by atoms with E-state index in [1.54, 1.807) is 0 Å². The minimum atomic E-state index is -0.101. The van der Waals surface area contributed by atoms with Crippen molar-refractivity contribution in [2.75, 3.05) is 38.6 Å². The zero-order valence-corrected chi connectivity index (χ0v) is 11.3. The molecule has 18 heavy (non-hydrogen) atoms. The maximum absolute atomic E-state index is 12.2. The molecule has 1 saturated heterocycles. The van der Waals surface area contributed by atoms with E-state index in [1.165, 1.54) is 5.56 Å². The molecule has 1 amide bonds. The van der Waals surface area contributed by atoms with Crippen LogP contribution < -0.4 is 10.2 Å². The Bertz CT molecular complexity index is 416. The summed E-state index contributed by atoms with van der Waals surface area (Å²) in [5, 5.41) is 3.11. The molecule has 1 aromatic carbocycles. The molecule has 1 aromatic rings. The second-order valence-electron chi connectivity index (χ2n) is 4.86. The summed E-state index contributed by atoms with van der Waals surface area (Å²) in [5.74, 6) is 0.191. The molecule has 98 valence electrons. The standard InChI is InChI=1S/C14H21N3O/c1-11-4-6-12(7-5-11)17-9-8-16(3)14(18)13(17)10-15-2/h4-7,13,15H,8-10H2,1-3H3. The second-order valence-corrected chi connectivity index (χ2v) is 4.86. The molecule has 4 nitrogen and oxygen atoms in total. The number of aryl methyl sites for hydroxylation is 1. The van der Waals surface area contributed by atoms with Crippen molar-refractivity contribution in [2.45, 2.75) is 13.0 Å². The second kappa shape index (κ2) is 5.40. The van der Waals surface area contributed by atoms with Gasteiger partial charge < -0.3 is 15.1 Å². The van der Waals surface area contributed by atoms with Gasteiger partial charge in [0.1, 0.15) is 6.04 Å². The number of carbonyl (C=O) groups excluding carboxylic acids is 1. The first-order valence-electron chi connectivity index (χ1n) is 6.36. The van der Waals surface area contributed by atoms with E-state index in [0.29, 0.717) is 6.54 Å². The van der Waals surface area contributed by atoms with Crippen LogP contribution in [0.3, 0.4) is 0 Å². The monoisotopic (exact) mass is 247 g/mol. The molecule has 1 N–H and O–H groups in total. The molecule has 1 aliphatic heterocycles. The highest BCUT2D eigenvalue weighted by atomic mass is 16.2. The van der Waals surface area contributed by atoms with Gasteiger partial charge in [-0.3, -0.25) is 4.79 Å². The summed E-state index contributed by atoms with van der Waals surface area (Å²) in [6, 6.07) is 8.27. The van der Waals surface area contributed by atoms with Crippen LogP contribution in [-0.2, 0) is 4.79 Å². The van der Waals surface area contributed by atoms with Gasteiger partial charge >= 0.3 is 0 Å². The topological polar surface area (TPSA) is 35.6 Å². The van der Waals surface area contributed by atoms with E-state index in [0.717, 1.165) is 18.8 Å². The number of hydrogen-bond donors (Lipinski definition) is 1. The van der Waals surface area contributed by atoms with Crippen LogP contribution in [0.2, 0.25) is 0 Å². The molecule has 0 aromatic heterocycles. The molecular formula is C14H21N3O. The number of nitrogens with zero attached hydrogens (tertiary/aromatic N) is 2. The molecule has 1 aliphatic rings. The van der Waals surface area contributed by atoms with Gasteiger partial charge in [0.05, 0.1) is 0 Å². The fraction of sp³-hybridized carbons (Fsp3) is 0.500. The predicted molar refractivity (Wildman–Crippen MR) is 73.9 cm³/mol. The van der Waals surface area contributed by atoms with Crippen LogP contribution in [0.25, 0.3) is 0 Å². The number of hydrogen-bond acceptors (Lipinski definition) is 3. The Morgan fingerprint density at radius 3 is 2.56 bits per heavy atom. The highest BCUT2D eigenvalue weighted by molar-refractivity contribution is 5.86. The summed E-state index contributed by atoms with van der Waals surface area (Å²) in [6.45, 7) is 4.42. The smallest absolute Gasteiger partial charge is 0.246 e. The molecule has 1 unspecified atom stereocenters. The number of rotatable bonds is 3. The fourth-order valence-corrected chi connectivity index (χ4v) is 2.35. The first-order valence-corrected chi connectivity index (χ1v) is 6.36. The molecule has 0 radical (unpaired) electrons. The van der Waals surface area contributed by atoms with Crippen molar-refractivity contribution in [1.29, 1.82) is 0 Å². The number of likely N-dealkylation sites (N-methyl/N-ethyl adjacent to an activating group) is 2. The van der Waals surface area contributed by atoms with Gasteiger partial charge in [0.25, 0.3) is 0 Å². The number of amides is 1. The third-order valence-electron chi connectivity index (χ3n) is 3.48. The number of carbonyl (C=O) groups is 1. The van der Waals surface area contributed by atoms with E-state index in [4.69, 9.17) is 0 Å². The zero-order chi connectivity index (χ0) is 13.1. The van der Waals surface area contributed by atoms with E-state index in [1.807, 2.05) is 19.0 Å². The largest absolute Gasteiger partial charge is 0.357 e. The SMILES string of the molecule is CNCC1C(=O)N(C)CCN1c1ccc(C)cc1. The number of anilines is 1. The molecule has 1 heterocycles. The molecule has 0 spiro atoms. The lowest BCUT2D eigenvalue weighted by molar-refractivity contribution is -0.132. The lowest BCUT2D eigenvalue weighted by atomic mass is 10.1. The summed E-state index contributed by atoms with van der Waals surface area (Å²) < 4.78 is 0. The minimum Gasteiger partial charge on any atom is -0.357 e. The van der Waals surface area contributed by atoms with Crippen molar-refractivity contribution in [3.8, 4) is 0 Å². The number of nitrogens with one attached hydrogen (secondary N) is 1. The highest BCUT2D eigenvalue weighted by Gasteiger charge is 2.32. The quantitative estimate of drug-likeness (QED) is 0.860.